The van der Waals surface area contributed by atoms with Crippen LogP contribution >= 0.6 is 0 Å². The van der Waals surface area contributed by atoms with Crippen LogP contribution in [0.15, 0.2) is 0 Å². The van der Waals surface area contributed by atoms with Crippen molar-refractivity contribution in [2.24, 2.45) is 5.92 Å². The fraction of sp³-hybridized carbons (Fsp3) is 1.00. The standard InChI is InChI=1S/C17H33NO/c1-15(16-9-4-2-5-10-16)18-13-8-14-19-17-11-6-3-7-12-17/h15-18H,2-14H2,1H3. The zero-order valence-corrected chi connectivity index (χ0v) is 12.8. The summed E-state index contributed by atoms with van der Waals surface area (Å²) in [6, 6.07) is 0.704. The second-order valence-electron chi connectivity index (χ2n) is 6.63. The summed E-state index contributed by atoms with van der Waals surface area (Å²) in [4.78, 5) is 0. The lowest BCUT2D eigenvalue weighted by molar-refractivity contribution is 0.0269. The molecular formula is C17H33NO. The molecule has 0 heterocycles. The zero-order valence-electron chi connectivity index (χ0n) is 12.8. The predicted octanol–water partition coefficient (Wildman–Crippen LogP) is 4.28. The molecule has 2 saturated carbocycles. The van der Waals surface area contributed by atoms with Gasteiger partial charge in [0.25, 0.3) is 0 Å². The summed E-state index contributed by atoms with van der Waals surface area (Å²) in [5.41, 5.74) is 0. The average molecular weight is 267 g/mol. The Hall–Kier alpha value is -0.0800. The van der Waals surface area contributed by atoms with Crippen LogP contribution in [0.2, 0.25) is 0 Å². The lowest BCUT2D eigenvalue weighted by Crippen LogP contribution is -2.35. The van der Waals surface area contributed by atoms with Gasteiger partial charge in [0.2, 0.25) is 0 Å². The van der Waals surface area contributed by atoms with Gasteiger partial charge in [-0.2, -0.15) is 0 Å². The highest BCUT2D eigenvalue weighted by Crippen LogP contribution is 2.26. The van der Waals surface area contributed by atoms with E-state index >= 15 is 0 Å². The SMILES string of the molecule is CC(NCCCOC1CCCCC1)C1CCCCC1. The van der Waals surface area contributed by atoms with Crippen LogP contribution in [0.5, 0.6) is 0 Å². The Morgan fingerprint density at radius 3 is 2.26 bits per heavy atom. The Morgan fingerprint density at radius 2 is 1.58 bits per heavy atom. The summed E-state index contributed by atoms with van der Waals surface area (Å²) in [6.45, 7) is 4.46. The van der Waals surface area contributed by atoms with Gasteiger partial charge in [-0.15, -0.1) is 0 Å². The Bertz CT molecular complexity index is 219. The van der Waals surface area contributed by atoms with E-state index in [0.717, 1.165) is 19.1 Å². The molecule has 0 aliphatic heterocycles. The molecule has 1 N–H and O–H groups in total. The van der Waals surface area contributed by atoms with Crippen molar-refractivity contribution in [2.75, 3.05) is 13.2 Å². The van der Waals surface area contributed by atoms with Crippen molar-refractivity contribution >= 4 is 0 Å². The lowest BCUT2D eigenvalue weighted by Gasteiger charge is -2.28. The maximum absolute atomic E-state index is 5.97. The fourth-order valence-electron chi connectivity index (χ4n) is 3.68. The fourth-order valence-corrected chi connectivity index (χ4v) is 3.68. The Labute approximate surface area is 119 Å². The van der Waals surface area contributed by atoms with E-state index in [1.807, 2.05) is 0 Å². The van der Waals surface area contributed by atoms with Crippen molar-refractivity contribution in [1.29, 1.82) is 0 Å². The van der Waals surface area contributed by atoms with E-state index in [2.05, 4.69) is 12.2 Å². The van der Waals surface area contributed by atoms with E-state index in [9.17, 15) is 0 Å². The second-order valence-corrected chi connectivity index (χ2v) is 6.63. The maximum Gasteiger partial charge on any atom is 0.0575 e. The smallest absolute Gasteiger partial charge is 0.0575 e. The van der Waals surface area contributed by atoms with Crippen LogP contribution in [0.25, 0.3) is 0 Å². The van der Waals surface area contributed by atoms with Gasteiger partial charge in [-0.05, 0) is 51.5 Å². The molecule has 2 aliphatic rings. The van der Waals surface area contributed by atoms with Gasteiger partial charge in [-0.3, -0.25) is 0 Å². The van der Waals surface area contributed by atoms with Crippen molar-refractivity contribution in [3.63, 3.8) is 0 Å². The largest absolute Gasteiger partial charge is 0.378 e. The van der Waals surface area contributed by atoms with E-state index in [0.29, 0.717) is 12.1 Å². The van der Waals surface area contributed by atoms with E-state index in [4.69, 9.17) is 4.74 Å². The number of rotatable bonds is 7. The molecule has 2 heteroatoms. The van der Waals surface area contributed by atoms with Crippen LogP contribution in [0.4, 0.5) is 0 Å². The number of hydrogen-bond acceptors (Lipinski definition) is 2. The first-order chi connectivity index (χ1) is 9.36. The van der Waals surface area contributed by atoms with Gasteiger partial charge < -0.3 is 10.1 Å². The minimum absolute atomic E-state index is 0.574. The first-order valence-electron chi connectivity index (χ1n) is 8.71. The van der Waals surface area contributed by atoms with Crippen molar-refractivity contribution in [1.82, 2.24) is 5.32 Å². The summed E-state index contributed by atoms with van der Waals surface area (Å²) < 4.78 is 5.97. The number of ether oxygens (including phenoxy) is 1. The van der Waals surface area contributed by atoms with Crippen molar-refractivity contribution < 1.29 is 4.74 Å². The quantitative estimate of drug-likeness (QED) is 0.695. The molecule has 1 unspecified atom stereocenters. The Kier molecular flexibility index (Phi) is 7.23. The third-order valence-electron chi connectivity index (χ3n) is 5.05. The van der Waals surface area contributed by atoms with Crippen LogP contribution in [0, 0.1) is 5.92 Å². The Morgan fingerprint density at radius 1 is 0.947 bits per heavy atom. The first kappa shape index (κ1) is 15.3. The molecule has 2 nitrogen and oxygen atoms in total. The molecule has 2 fully saturated rings. The molecular weight excluding hydrogens is 234 g/mol. The lowest BCUT2D eigenvalue weighted by atomic mass is 9.84. The summed E-state index contributed by atoms with van der Waals surface area (Å²) in [5.74, 6) is 0.924. The van der Waals surface area contributed by atoms with Crippen molar-refractivity contribution in [3.8, 4) is 0 Å². The molecule has 112 valence electrons. The molecule has 1 atom stereocenters. The molecule has 0 aromatic rings. The van der Waals surface area contributed by atoms with Crippen molar-refractivity contribution in [2.45, 2.75) is 89.7 Å². The summed E-state index contributed by atoms with van der Waals surface area (Å²) in [6.07, 6.45) is 15.7. The summed E-state index contributed by atoms with van der Waals surface area (Å²) >= 11 is 0. The van der Waals surface area contributed by atoms with Gasteiger partial charge in [0, 0.05) is 12.6 Å². The van der Waals surface area contributed by atoms with Crippen molar-refractivity contribution in [3.05, 3.63) is 0 Å². The molecule has 0 aromatic heterocycles. The van der Waals surface area contributed by atoms with Crippen LogP contribution in [-0.4, -0.2) is 25.3 Å². The van der Waals surface area contributed by atoms with Crippen LogP contribution in [0.3, 0.4) is 0 Å². The number of hydrogen-bond donors (Lipinski definition) is 1. The highest BCUT2D eigenvalue weighted by atomic mass is 16.5. The predicted molar refractivity (Wildman–Crippen MR) is 81.5 cm³/mol. The van der Waals surface area contributed by atoms with Gasteiger partial charge >= 0.3 is 0 Å². The third kappa shape index (κ3) is 5.83. The second kappa shape index (κ2) is 8.97. The molecule has 0 saturated heterocycles. The minimum Gasteiger partial charge on any atom is -0.378 e. The normalized spacial score (nSPS) is 24.5. The molecule has 0 radical (unpaired) electrons. The first-order valence-corrected chi connectivity index (χ1v) is 8.71. The minimum atomic E-state index is 0.574. The molecule has 19 heavy (non-hydrogen) atoms. The Balaban J connectivity index is 1.46. The highest BCUT2D eigenvalue weighted by Gasteiger charge is 2.19. The van der Waals surface area contributed by atoms with Crippen LogP contribution in [0.1, 0.15) is 77.6 Å². The summed E-state index contributed by atoms with van der Waals surface area (Å²) in [7, 11) is 0. The van der Waals surface area contributed by atoms with Gasteiger partial charge in [-0.1, -0.05) is 38.5 Å². The van der Waals surface area contributed by atoms with Crippen LogP contribution in [-0.2, 0) is 4.74 Å². The van der Waals surface area contributed by atoms with E-state index in [-0.39, 0.29) is 0 Å². The average Bonchev–Trinajstić information content (AvgIpc) is 2.49. The van der Waals surface area contributed by atoms with E-state index in [1.165, 1.54) is 70.6 Å². The molecule has 0 bridgehead atoms. The molecule has 2 rings (SSSR count). The van der Waals surface area contributed by atoms with Gasteiger partial charge in [0.1, 0.15) is 0 Å². The highest BCUT2D eigenvalue weighted by molar-refractivity contribution is 4.75. The number of nitrogens with one attached hydrogen (secondary N) is 1. The van der Waals surface area contributed by atoms with Gasteiger partial charge in [0.05, 0.1) is 6.10 Å². The van der Waals surface area contributed by atoms with Crippen LogP contribution < -0.4 is 5.32 Å². The van der Waals surface area contributed by atoms with E-state index in [1.54, 1.807) is 0 Å². The molecule has 0 aromatic carbocycles. The molecule has 2 aliphatic carbocycles. The van der Waals surface area contributed by atoms with Gasteiger partial charge in [0.15, 0.2) is 0 Å². The monoisotopic (exact) mass is 267 g/mol. The zero-order chi connectivity index (χ0) is 13.3. The third-order valence-corrected chi connectivity index (χ3v) is 5.05. The molecule has 0 spiro atoms. The molecule has 0 amide bonds. The maximum atomic E-state index is 5.97. The van der Waals surface area contributed by atoms with E-state index < -0.39 is 0 Å². The summed E-state index contributed by atoms with van der Waals surface area (Å²) in [5, 5.41) is 3.71. The van der Waals surface area contributed by atoms with Gasteiger partial charge in [-0.25, -0.2) is 0 Å². The topological polar surface area (TPSA) is 21.3 Å².